The maximum atomic E-state index is 11.9. The smallest absolute Gasteiger partial charge is 0.682 e. The molecule has 0 amide bonds. The second kappa shape index (κ2) is 22.9. The number of hydrogen-bond donors (Lipinski definition) is 0. The van der Waals surface area contributed by atoms with Crippen molar-refractivity contribution in [1.29, 1.82) is 0 Å². The molecule has 34 heavy (non-hydrogen) atoms. The van der Waals surface area contributed by atoms with Gasteiger partial charge < -0.3 is 33.9 Å². The van der Waals surface area contributed by atoms with Gasteiger partial charge in [0.1, 0.15) is 0 Å². The summed E-state index contributed by atoms with van der Waals surface area (Å²) in [6.45, 7) is 4.54. The summed E-state index contributed by atoms with van der Waals surface area (Å²) in [5.74, 6) is 0.600. The maximum absolute atomic E-state index is 11.9. The number of unbranched alkanes of at least 4 members (excludes halogenated alkanes) is 16. The van der Waals surface area contributed by atoms with Gasteiger partial charge in [-0.2, -0.15) is 0 Å². The van der Waals surface area contributed by atoms with Crippen molar-refractivity contribution >= 4 is 30.6 Å². The first kappa shape index (κ1) is 34.7. The van der Waals surface area contributed by atoms with Crippen LogP contribution in [-0.2, 0) is 56.8 Å². The number of hydrogen-bond acceptors (Lipinski definition) is 4. The van der Waals surface area contributed by atoms with Crippen LogP contribution in [0.3, 0.4) is 0 Å². The van der Waals surface area contributed by atoms with Crippen molar-refractivity contribution in [1.82, 2.24) is 0 Å². The number of benzene rings is 1. The monoisotopic (exact) mass is 576 g/mol. The van der Waals surface area contributed by atoms with E-state index in [9.17, 15) is 4.89 Å². The second-order valence-corrected chi connectivity index (χ2v) is 14.3. The van der Waals surface area contributed by atoms with Gasteiger partial charge in [-0.25, -0.2) is 0 Å². The predicted molar refractivity (Wildman–Crippen MR) is 151 cm³/mol. The van der Waals surface area contributed by atoms with Gasteiger partial charge in [0, 0.05) is 0 Å². The van der Waals surface area contributed by atoms with E-state index in [1.165, 1.54) is 127 Å². The van der Waals surface area contributed by atoms with E-state index < -0.39 is 6.12 Å². The molecule has 6 heteroatoms. The topological polar surface area (TPSA) is 32.3 Å². The molecule has 0 aliphatic rings. The Hall–Kier alpha value is 0.733. The Morgan fingerprint density at radius 1 is 0.588 bits per heavy atom. The molecule has 2 nitrogen and oxygen atoms in total. The zero-order valence-corrected chi connectivity index (χ0v) is 27.7. The summed E-state index contributed by atoms with van der Waals surface area (Å²) in [4.78, 5) is 11.9. The zero-order valence-electron chi connectivity index (χ0n) is 22.2. The van der Waals surface area contributed by atoms with Gasteiger partial charge in [-0.15, -0.1) is 6.12 Å². The largest absolute Gasteiger partial charge is 2.00 e. The summed E-state index contributed by atoms with van der Waals surface area (Å²) in [6, 6.07) is 6.30. The van der Waals surface area contributed by atoms with E-state index in [-0.39, 0.29) is 19.5 Å². The molecule has 0 N–H and O–H groups in total. The Bertz CT molecular complexity index is 556. The molecular formula is C28H49O2PS2Zn. The average Bonchev–Trinajstić information content (AvgIpc) is 2.75. The molecule has 1 aromatic rings. The Morgan fingerprint density at radius 2 is 0.912 bits per heavy atom. The molecule has 0 fully saturated rings. The van der Waals surface area contributed by atoms with Crippen molar-refractivity contribution < 1.29 is 28.9 Å². The van der Waals surface area contributed by atoms with Crippen LogP contribution in [0.1, 0.15) is 141 Å². The minimum atomic E-state index is -3.37. The van der Waals surface area contributed by atoms with Crippen molar-refractivity contribution in [2.45, 2.75) is 142 Å². The van der Waals surface area contributed by atoms with E-state index in [1.54, 1.807) is 0 Å². The van der Waals surface area contributed by atoms with Crippen LogP contribution in [0, 0.1) is 0 Å². The van der Waals surface area contributed by atoms with Crippen LogP contribution in [0.4, 0.5) is 0 Å². The first-order valence-electron chi connectivity index (χ1n) is 13.8. The van der Waals surface area contributed by atoms with Gasteiger partial charge in [0.25, 0.3) is 0 Å². The number of rotatable bonds is 22. The normalized spacial score (nSPS) is 11.4. The molecular weight excluding hydrogens is 529 g/mol. The molecule has 0 atom stereocenters. The molecule has 0 heterocycles. The molecule has 0 radical (unpaired) electrons. The van der Waals surface area contributed by atoms with Crippen LogP contribution >= 0.6 is 6.12 Å². The van der Waals surface area contributed by atoms with Gasteiger partial charge in [-0.3, -0.25) is 0 Å². The predicted octanol–water partition coefficient (Wildman–Crippen LogP) is 9.34. The maximum Gasteiger partial charge on any atom is 2.00 e. The van der Waals surface area contributed by atoms with Crippen molar-refractivity contribution in [3.63, 3.8) is 0 Å². The van der Waals surface area contributed by atoms with Crippen LogP contribution in [0.25, 0.3) is 0 Å². The van der Waals surface area contributed by atoms with Gasteiger partial charge in [-0.05, 0) is 48.9 Å². The fourth-order valence-corrected chi connectivity index (χ4v) is 5.36. The van der Waals surface area contributed by atoms with Crippen LogP contribution in [0.5, 0.6) is 5.75 Å². The van der Waals surface area contributed by atoms with Gasteiger partial charge >= 0.3 is 19.5 Å². The summed E-state index contributed by atoms with van der Waals surface area (Å²) in [7, 11) is 0. The average molecular weight is 578 g/mol. The van der Waals surface area contributed by atoms with Gasteiger partial charge in [0.05, 0.1) is 0 Å². The van der Waals surface area contributed by atoms with Crippen molar-refractivity contribution in [3.05, 3.63) is 29.3 Å². The van der Waals surface area contributed by atoms with E-state index in [1.807, 2.05) is 12.1 Å². The van der Waals surface area contributed by atoms with Gasteiger partial charge in [0.15, 0.2) is 5.75 Å². The molecule has 1 aromatic carbocycles. The Balaban J connectivity index is 0.0000109. The van der Waals surface area contributed by atoms with Crippen LogP contribution in [0.15, 0.2) is 18.2 Å². The molecule has 0 saturated carbocycles. The fourth-order valence-electron chi connectivity index (χ4n) is 4.48. The molecule has 0 spiro atoms. The second-order valence-electron chi connectivity index (χ2n) is 9.68. The number of aryl methyl sites for hydroxylation is 2. The van der Waals surface area contributed by atoms with E-state index in [0.717, 1.165) is 12.8 Å². The van der Waals surface area contributed by atoms with Crippen molar-refractivity contribution in [3.8, 4) is 5.75 Å². The SMILES string of the molecule is CCCCCCCCCCCc1cc(CCCCCCCCCCC)cc(O[P+]([O-])([S-])[S-])c1.[Zn+2]. The third kappa shape index (κ3) is 20.9. The fraction of sp³-hybridized carbons (Fsp3) is 0.786. The first-order chi connectivity index (χ1) is 15.9. The Kier molecular flexibility index (Phi) is 23.4. The standard InChI is InChI=1S/C28H51O2PS2.Zn/c1-3-5-7-9-11-13-15-17-19-21-26-23-27(25-28(24-26)30-31(29,32)33)22-20-18-16-14-12-10-8-6-4-2;/h23-25H,3-22H2,1-2H3,(H2,29,32,33);/q;+2/p-2. The summed E-state index contributed by atoms with van der Waals surface area (Å²) in [5.41, 5.74) is 2.53. The van der Waals surface area contributed by atoms with Gasteiger partial charge in [-0.1, -0.05) is 123 Å². The van der Waals surface area contributed by atoms with Crippen LogP contribution < -0.4 is 9.42 Å². The Morgan fingerprint density at radius 3 is 1.24 bits per heavy atom. The van der Waals surface area contributed by atoms with Crippen molar-refractivity contribution in [2.75, 3.05) is 0 Å². The first-order valence-corrected chi connectivity index (χ1v) is 17.4. The molecule has 0 unspecified atom stereocenters. The van der Waals surface area contributed by atoms with E-state index in [0.29, 0.717) is 5.75 Å². The third-order valence-electron chi connectivity index (χ3n) is 6.38. The summed E-state index contributed by atoms with van der Waals surface area (Å²) < 4.78 is 5.45. The quantitative estimate of drug-likeness (QED) is 0.0594. The van der Waals surface area contributed by atoms with E-state index in [2.05, 4.69) is 19.9 Å². The van der Waals surface area contributed by atoms with Crippen LogP contribution in [0.2, 0.25) is 0 Å². The zero-order chi connectivity index (χ0) is 24.2. The van der Waals surface area contributed by atoms with Crippen LogP contribution in [-0.4, -0.2) is 0 Å². The molecule has 192 valence electrons. The molecule has 0 aromatic heterocycles. The molecule has 0 saturated heterocycles. The van der Waals surface area contributed by atoms with E-state index in [4.69, 9.17) is 29.0 Å². The van der Waals surface area contributed by atoms with Crippen molar-refractivity contribution in [2.24, 2.45) is 0 Å². The summed E-state index contributed by atoms with van der Waals surface area (Å²) in [6.07, 6.45) is 22.7. The molecule has 0 bridgehead atoms. The molecule has 1 rings (SSSR count). The minimum absolute atomic E-state index is 0. The minimum Gasteiger partial charge on any atom is -0.682 e. The summed E-state index contributed by atoms with van der Waals surface area (Å²) in [5, 5.41) is 0. The third-order valence-corrected chi connectivity index (χ3v) is 7.26. The van der Waals surface area contributed by atoms with Gasteiger partial charge in [0.2, 0.25) is 0 Å². The molecule has 0 aliphatic heterocycles. The summed E-state index contributed by atoms with van der Waals surface area (Å²) >= 11 is 9.70. The molecule has 0 aliphatic carbocycles. The Labute approximate surface area is 235 Å². The van der Waals surface area contributed by atoms with E-state index >= 15 is 0 Å².